The average molecular weight is 168 g/mol. The van der Waals surface area contributed by atoms with Crippen LogP contribution in [0.2, 0.25) is 0 Å². The quantitative estimate of drug-likeness (QED) is 0.522. The molecule has 1 unspecified atom stereocenters. The Kier molecular flexibility index (Phi) is 5.15. The topological polar surface area (TPSA) is 0 Å². The van der Waals surface area contributed by atoms with Gasteiger partial charge in [-0.3, -0.25) is 0 Å². The summed E-state index contributed by atoms with van der Waals surface area (Å²) in [5, 5.41) is 1.30. The lowest BCUT2D eigenvalue weighted by atomic mass is 10.2. The SMILES string of the molecule is CC.Cc1ccc(C)c(P)c1. The molecule has 0 aliphatic rings. The molecule has 0 amide bonds. The first-order valence-corrected chi connectivity index (χ1v) is 4.60. The Labute approximate surface area is 72.2 Å². The Morgan fingerprint density at radius 1 is 1.09 bits per heavy atom. The van der Waals surface area contributed by atoms with Crippen LogP contribution in [0.15, 0.2) is 18.2 Å². The summed E-state index contributed by atoms with van der Waals surface area (Å²) in [5.74, 6) is 0. The minimum atomic E-state index is 1.30. The van der Waals surface area contributed by atoms with Crippen LogP contribution in [-0.2, 0) is 0 Å². The minimum Gasteiger partial charge on any atom is -0.105 e. The molecule has 0 aliphatic carbocycles. The molecule has 1 heteroatoms. The maximum Gasteiger partial charge on any atom is -0.0271 e. The van der Waals surface area contributed by atoms with Gasteiger partial charge in [0.1, 0.15) is 0 Å². The Hall–Kier alpha value is -0.350. The molecule has 0 aromatic heterocycles. The first kappa shape index (κ1) is 10.7. The molecule has 0 saturated heterocycles. The smallest absolute Gasteiger partial charge is 0.0271 e. The number of benzene rings is 1. The summed E-state index contributed by atoms with van der Waals surface area (Å²) in [7, 11) is 2.72. The summed E-state index contributed by atoms with van der Waals surface area (Å²) < 4.78 is 0. The van der Waals surface area contributed by atoms with Gasteiger partial charge in [0.05, 0.1) is 0 Å². The Bertz CT molecular complexity index is 216. The van der Waals surface area contributed by atoms with E-state index in [2.05, 4.69) is 41.3 Å². The van der Waals surface area contributed by atoms with Crippen molar-refractivity contribution in [3.63, 3.8) is 0 Å². The van der Waals surface area contributed by atoms with Crippen LogP contribution in [0.5, 0.6) is 0 Å². The van der Waals surface area contributed by atoms with Crippen molar-refractivity contribution in [2.45, 2.75) is 27.7 Å². The molecular weight excluding hydrogens is 151 g/mol. The van der Waals surface area contributed by atoms with Gasteiger partial charge in [-0.15, -0.1) is 9.24 Å². The number of rotatable bonds is 0. The van der Waals surface area contributed by atoms with Crippen LogP contribution in [0.1, 0.15) is 25.0 Å². The van der Waals surface area contributed by atoms with E-state index >= 15 is 0 Å². The lowest BCUT2D eigenvalue weighted by Crippen LogP contribution is -1.95. The molecule has 1 atom stereocenters. The molecule has 0 aliphatic heterocycles. The van der Waals surface area contributed by atoms with Crippen molar-refractivity contribution in [1.82, 2.24) is 0 Å². The second-order valence-corrected chi connectivity index (χ2v) is 2.98. The molecule has 0 radical (unpaired) electrons. The fraction of sp³-hybridized carbons (Fsp3) is 0.400. The molecule has 0 N–H and O–H groups in total. The first-order chi connectivity index (χ1) is 5.20. The largest absolute Gasteiger partial charge is 0.105 e. The highest BCUT2D eigenvalue weighted by Crippen LogP contribution is 2.01. The van der Waals surface area contributed by atoms with Crippen molar-refractivity contribution >= 4 is 14.5 Å². The molecule has 0 bridgehead atoms. The summed E-state index contributed by atoms with van der Waals surface area (Å²) in [6.07, 6.45) is 0. The molecule has 62 valence electrons. The van der Waals surface area contributed by atoms with Crippen molar-refractivity contribution in [1.29, 1.82) is 0 Å². The molecular formula is C10H17P. The van der Waals surface area contributed by atoms with Gasteiger partial charge in [0.2, 0.25) is 0 Å². The molecule has 0 heterocycles. The van der Waals surface area contributed by atoms with Crippen LogP contribution < -0.4 is 5.30 Å². The minimum absolute atomic E-state index is 1.30. The van der Waals surface area contributed by atoms with E-state index < -0.39 is 0 Å². The van der Waals surface area contributed by atoms with Crippen molar-refractivity contribution in [2.24, 2.45) is 0 Å². The van der Waals surface area contributed by atoms with Gasteiger partial charge in [-0.2, -0.15) is 0 Å². The van der Waals surface area contributed by atoms with Crippen LogP contribution in [0.3, 0.4) is 0 Å². The number of hydrogen-bond acceptors (Lipinski definition) is 0. The third-order valence-corrected chi connectivity index (χ3v) is 2.06. The second kappa shape index (κ2) is 5.32. The maximum atomic E-state index is 2.72. The molecule has 1 aromatic rings. The van der Waals surface area contributed by atoms with E-state index in [1.165, 1.54) is 16.4 Å². The normalized spacial score (nSPS) is 8.45. The zero-order valence-corrected chi connectivity index (χ0v) is 8.96. The molecule has 11 heavy (non-hydrogen) atoms. The Balaban J connectivity index is 0.000000461. The van der Waals surface area contributed by atoms with Gasteiger partial charge in [-0.25, -0.2) is 0 Å². The number of aryl methyl sites for hydroxylation is 2. The lowest BCUT2D eigenvalue weighted by Gasteiger charge is -1.98. The van der Waals surface area contributed by atoms with Crippen molar-refractivity contribution < 1.29 is 0 Å². The van der Waals surface area contributed by atoms with Gasteiger partial charge >= 0.3 is 0 Å². The van der Waals surface area contributed by atoms with Crippen LogP contribution in [0, 0.1) is 13.8 Å². The highest BCUT2D eigenvalue weighted by Gasteiger charge is 1.89. The molecule has 0 spiro atoms. The summed E-state index contributed by atoms with van der Waals surface area (Å²) in [6, 6.07) is 6.43. The van der Waals surface area contributed by atoms with Gasteiger partial charge in [0.25, 0.3) is 0 Å². The van der Waals surface area contributed by atoms with E-state index in [1.54, 1.807) is 0 Å². The van der Waals surface area contributed by atoms with Crippen LogP contribution in [0.4, 0.5) is 0 Å². The fourth-order valence-electron chi connectivity index (χ4n) is 0.760. The zero-order chi connectivity index (χ0) is 8.85. The predicted octanol–water partition coefficient (Wildman–Crippen LogP) is 2.83. The monoisotopic (exact) mass is 168 g/mol. The molecule has 1 rings (SSSR count). The summed E-state index contributed by atoms with van der Waals surface area (Å²) in [4.78, 5) is 0. The second-order valence-electron chi connectivity index (χ2n) is 2.36. The van der Waals surface area contributed by atoms with Gasteiger partial charge < -0.3 is 0 Å². The van der Waals surface area contributed by atoms with Gasteiger partial charge in [-0.05, 0) is 24.7 Å². The number of hydrogen-bond donors (Lipinski definition) is 0. The van der Waals surface area contributed by atoms with E-state index in [0.29, 0.717) is 0 Å². The van der Waals surface area contributed by atoms with E-state index in [-0.39, 0.29) is 0 Å². The van der Waals surface area contributed by atoms with E-state index in [9.17, 15) is 0 Å². The van der Waals surface area contributed by atoms with Gasteiger partial charge in [0.15, 0.2) is 0 Å². The Morgan fingerprint density at radius 3 is 2.00 bits per heavy atom. The summed E-state index contributed by atoms with van der Waals surface area (Å²) >= 11 is 0. The highest BCUT2D eigenvalue weighted by atomic mass is 31.0. The average Bonchev–Trinajstić information content (AvgIpc) is 2.02. The van der Waals surface area contributed by atoms with Gasteiger partial charge in [0, 0.05) is 0 Å². The Morgan fingerprint density at radius 2 is 1.64 bits per heavy atom. The lowest BCUT2D eigenvalue weighted by molar-refractivity contribution is 1.43. The molecule has 0 saturated carbocycles. The van der Waals surface area contributed by atoms with E-state index in [1.807, 2.05) is 13.8 Å². The third-order valence-electron chi connectivity index (χ3n) is 1.43. The highest BCUT2D eigenvalue weighted by molar-refractivity contribution is 7.27. The van der Waals surface area contributed by atoms with Crippen molar-refractivity contribution in [3.8, 4) is 0 Å². The van der Waals surface area contributed by atoms with E-state index in [0.717, 1.165) is 0 Å². The maximum absolute atomic E-state index is 2.72. The van der Waals surface area contributed by atoms with Crippen molar-refractivity contribution in [3.05, 3.63) is 29.3 Å². The van der Waals surface area contributed by atoms with Crippen LogP contribution in [-0.4, -0.2) is 0 Å². The zero-order valence-electron chi connectivity index (χ0n) is 7.81. The predicted molar refractivity (Wildman–Crippen MR) is 56.6 cm³/mol. The standard InChI is InChI=1S/C8H11P.C2H6/c1-6-3-4-7(2)8(9)5-6;1-2/h3-5H,9H2,1-2H3;1-2H3. The molecule has 0 nitrogen and oxygen atoms in total. The van der Waals surface area contributed by atoms with Crippen LogP contribution >= 0.6 is 9.24 Å². The van der Waals surface area contributed by atoms with Gasteiger partial charge in [-0.1, -0.05) is 37.6 Å². The van der Waals surface area contributed by atoms with Crippen LogP contribution in [0.25, 0.3) is 0 Å². The van der Waals surface area contributed by atoms with E-state index in [4.69, 9.17) is 0 Å². The summed E-state index contributed by atoms with van der Waals surface area (Å²) in [5.41, 5.74) is 2.66. The fourth-order valence-corrected chi connectivity index (χ4v) is 1.12. The summed E-state index contributed by atoms with van der Waals surface area (Å²) in [6.45, 7) is 8.22. The third kappa shape index (κ3) is 3.53. The molecule has 1 aromatic carbocycles. The first-order valence-electron chi connectivity index (χ1n) is 4.03. The molecule has 0 fully saturated rings. The van der Waals surface area contributed by atoms with Crippen molar-refractivity contribution in [2.75, 3.05) is 0 Å².